The van der Waals surface area contributed by atoms with Crippen LogP contribution in [0.3, 0.4) is 0 Å². The molecule has 0 aliphatic heterocycles. The molecule has 9 nitrogen and oxygen atoms in total. The minimum absolute atomic E-state index is 0.00632. The molecule has 13 heteroatoms. The fourth-order valence-corrected chi connectivity index (χ4v) is 4.97. The van der Waals surface area contributed by atoms with E-state index in [1.165, 1.54) is 12.1 Å². The number of benzene rings is 1. The van der Waals surface area contributed by atoms with Gasteiger partial charge in [0.15, 0.2) is 6.79 Å². The molecule has 1 aliphatic rings. The average Bonchev–Trinajstić information content (AvgIpc) is 2.76. The van der Waals surface area contributed by atoms with Gasteiger partial charge >= 0.3 is 22.2 Å². The molecule has 34 heavy (non-hydrogen) atoms. The Morgan fingerprint density at radius 3 is 2.44 bits per heavy atom. The quantitative estimate of drug-likeness (QED) is 0.0685. The fourth-order valence-electron chi connectivity index (χ4n) is 3.62. The lowest BCUT2D eigenvalue weighted by Crippen LogP contribution is -2.35. The summed E-state index contributed by atoms with van der Waals surface area (Å²) in [5, 5.41) is 3.91. The maximum atomic E-state index is 13.0. The molecule has 0 saturated heterocycles. The van der Waals surface area contributed by atoms with Crippen molar-refractivity contribution >= 4 is 28.1 Å². The highest BCUT2D eigenvalue weighted by molar-refractivity contribution is 8.14. The standard InChI is InChI=1S/C21H28F2O9S2/c1-13(2)17-10-5-14(3)11-18(17)28-12-29-20(24)15-6-8-16(9-7-15)30-34(25,26)21(19(22)23)33-32-31-27-4/h6-9,13-14,17-18H,5,10-12H2,1-4H3. The van der Waals surface area contributed by atoms with Crippen molar-refractivity contribution in [3.05, 3.63) is 40.1 Å². The maximum Gasteiger partial charge on any atom is 0.353 e. The lowest BCUT2D eigenvalue weighted by Gasteiger charge is -2.36. The van der Waals surface area contributed by atoms with Crippen molar-refractivity contribution in [3.63, 3.8) is 0 Å². The van der Waals surface area contributed by atoms with Crippen molar-refractivity contribution in [2.45, 2.75) is 46.1 Å². The topological polar surface area (TPSA) is 107 Å². The second kappa shape index (κ2) is 13.4. The molecular formula is C21H28F2O9S2. The average molecular weight is 527 g/mol. The summed E-state index contributed by atoms with van der Waals surface area (Å²) in [6.45, 7) is 6.25. The lowest BCUT2D eigenvalue weighted by atomic mass is 9.75. The molecule has 3 unspecified atom stereocenters. The predicted molar refractivity (Wildman–Crippen MR) is 119 cm³/mol. The van der Waals surface area contributed by atoms with E-state index in [2.05, 4.69) is 39.2 Å². The number of rotatable bonds is 12. The van der Waals surface area contributed by atoms with Gasteiger partial charge in [-0.15, -0.1) is 4.33 Å². The number of ether oxygens (including phenoxy) is 2. The van der Waals surface area contributed by atoms with E-state index in [-0.39, 0.29) is 36.3 Å². The van der Waals surface area contributed by atoms with Crippen molar-refractivity contribution < 1.29 is 49.9 Å². The molecule has 0 bridgehead atoms. The summed E-state index contributed by atoms with van der Waals surface area (Å²) in [6.07, 6.45) is 0.546. The molecular weight excluding hydrogens is 498 g/mol. The smallest absolute Gasteiger partial charge is 0.353 e. The minimum atomic E-state index is -4.94. The van der Waals surface area contributed by atoms with Gasteiger partial charge in [-0.05, 0) is 54.9 Å². The van der Waals surface area contributed by atoms with E-state index in [1.54, 1.807) is 0 Å². The number of hydrogen-bond donors (Lipinski definition) is 0. The largest absolute Gasteiger partial charge is 0.435 e. The van der Waals surface area contributed by atoms with Crippen LogP contribution >= 0.6 is 12.0 Å². The third-order valence-electron chi connectivity index (χ3n) is 5.32. The van der Waals surface area contributed by atoms with E-state index in [0.717, 1.165) is 38.5 Å². The molecule has 0 aromatic heterocycles. The number of hydrogen-bond acceptors (Lipinski definition) is 10. The lowest BCUT2D eigenvalue weighted by molar-refractivity contribution is -0.447. The van der Waals surface area contributed by atoms with Gasteiger partial charge in [0.25, 0.3) is 0 Å². The van der Waals surface area contributed by atoms with Crippen LogP contribution in [0.4, 0.5) is 8.78 Å². The van der Waals surface area contributed by atoms with Crippen molar-refractivity contribution in [3.8, 4) is 5.75 Å². The van der Waals surface area contributed by atoms with E-state index >= 15 is 0 Å². The van der Waals surface area contributed by atoms with Crippen LogP contribution in [0, 0.1) is 17.8 Å². The minimum Gasteiger partial charge on any atom is -0.435 e. The third-order valence-corrected chi connectivity index (χ3v) is 7.58. The van der Waals surface area contributed by atoms with E-state index in [4.69, 9.17) is 9.47 Å². The zero-order valence-electron chi connectivity index (χ0n) is 19.2. The van der Waals surface area contributed by atoms with Crippen LogP contribution in [0.15, 0.2) is 34.6 Å². The fraction of sp³-hybridized carbons (Fsp3) is 0.571. The maximum absolute atomic E-state index is 13.0. The van der Waals surface area contributed by atoms with Crippen molar-refractivity contribution in [1.82, 2.24) is 0 Å². The summed E-state index contributed by atoms with van der Waals surface area (Å²) in [6, 6.07) is 4.72. The molecule has 0 N–H and O–H groups in total. The molecule has 0 spiro atoms. The Labute approximate surface area is 201 Å². The van der Waals surface area contributed by atoms with Gasteiger partial charge in [0.05, 0.1) is 30.8 Å². The van der Waals surface area contributed by atoms with E-state index in [9.17, 15) is 22.0 Å². The van der Waals surface area contributed by atoms with Gasteiger partial charge in [-0.25, -0.2) is 9.68 Å². The predicted octanol–water partition coefficient (Wildman–Crippen LogP) is 5.21. The Bertz CT molecular complexity index is 932. The highest BCUT2D eigenvalue weighted by Crippen LogP contribution is 2.35. The molecule has 0 radical (unpaired) electrons. The normalized spacial score (nSPS) is 20.7. The number of carbonyl (C=O) groups is 1. The van der Waals surface area contributed by atoms with Crippen molar-refractivity contribution in [2.75, 3.05) is 13.9 Å². The second-order valence-electron chi connectivity index (χ2n) is 8.08. The number of halogens is 2. The monoisotopic (exact) mass is 526 g/mol. The molecule has 192 valence electrons. The summed E-state index contributed by atoms with van der Waals surface area (Å²) in [5.74, 6) is 0.395. The van der Waals surface area contributed by atoms with Crippen LogP contribution in [0.25, 0.3) is 0 Å². The molecule has 1 aromatic rings. The molecule has 0 amide bonds. The molecule has 1 saturated carbocycles. The van der Waals surface area contributed by atoms with Gasteiger partial charge < -0.3 is 13.7 Å². The Kier molecular flexibility index (Phi) is 11.2. The zero-order chi connectivity index (χ0) is 25.3. The molecule has 2 rings (SSSR count). The molecule has 0 heterocycles. The molecule has 3 atom stereocenters. The van der Waals surface area contributed by atoms with Crippen molar-refractivity contribution in [2.24, 2.45) is 17.8 Å². The Balaban J connectivity index is 1.93. The first kappa shape index (κ1) is 28.5. The van der Waals surface area contributed by atoms with Crippen LogP contribution < -0.4 is 4.18 Å². The SMILES string of the molecule is COOOSC(=C(F)F)S(=O)(=O)Oc1ccc(C(=O)OCOC2CC(C)CCC2C(C)C)cc1. The Morgan fingerprint density at radius 1 is 1.18 bits per heavy atom. The first-order chi connectivity index (χ1) is 16.0. The summed E-state index contributed by atoms with van der Waals surface area (Å²) in [4.78, 5) is 16.3. The summed E-state index contributed by atoms with van der Waals surface area (Å²) in [7, 11) is -3.91. The summed E-state index contributed by atoms with van der Waals surface area (Å²) < 4.78 is 68.4. The third kappa shape index (κ3) is 8.47. The van der Waals surface area contributed by atoms with Crippen LogP contribution in [-0.4, -0.2) is 34.4 Å². The first-order valence-corrected chi connectivity index (χ1v) is 12.6. The summed E-state index contributed by atoms with van der Waals surface area (Å²) >= 11 is -0.308. The van der Waals surface area contributed by atoms with Crippen LogP contribution in [0.5, 0.6) is 5.75 Å². The molecule has 1 fully saturated rings. The van der Waals surface area contributed by atoms with E-state index < -0.39 is 26.4 Å². The van der Waals surface area contributed by atoms with Gasteiger partial charge in [0.1, 0.15) is 5.75 Å². The second-order valence-corrected chi connectivity index (χ2v) is 10.5. The van der Waals surface area contributed by atoms with Gasteiger partial charge in [0, 0.05) is 0 Å². The van der Waals surface area contributed by atoms with Gasteiger partial charge in [-0.1, -0.05) is 32.2 Å². The number of carbonyl (C=O) groups excluding carboxylic acids is 1. The Hall–Kier alpha value is -1.77. The molecule has 1 aromatic carbocycles. The van der Waals surface area contributed by atoms with Crippen LogP contribution in [0.2, 0.25) is 0 Å². The number of esters is 1. The molecule has 1 aliphatic carbocycles. The highest BCUT2D eigenvalue weighted by Gasteiger charge is 2.32. The van der Waals surface area contributed by atoms with Crippen molar-refractivity contribution in [1.29, 1.82) is 0 Å². The van der Waals surface area contributed by atoms with Gasteiger partial charge in [-0.3, -0.25) is 0 Å². The van der Waals surface area contributed by atoms with E-state index in [1.807, 2.05) is 0 Å². The van der Waals surface area contributed by atoms with Crippen LogP contribution in [0.1, 0.15) is 50.4 Å². The van der Waals surface area contributed by atoms with Gasteiger partial charge in [-0.2, -0.15) is 17.2 Å². The Morgan fingerprint density at radius 2 is 1.85 bits per heavy atom. The zero-order valence-corrected chi connectivity index (χ0v) is 20.8. The highest BCUT2D eigenvalue weighted by atomic mass is 32.3. The van der Waals surface area contributed by atoms with E-state index in [0.29, 0.717) is 17.8 Å². The first-order valence-electron chi connectivity index (χ1n) is 10.5. The summed E-state index contributed by atoms with van der Waals surface area (Å²) in [5.41, 5.74) is 0.101. The van der Waals surface area contributed by atoms with Gasteiger partial charge in [0.2, 0.25) is 4.24 Å². The van der Waals surface area contributed by atoms with Crippen LogP contribution in [-0.2, 0) is 33.9 Å².